The lowest BCUT2D eigenvalue weighted by Crippen LogP contribution is -2.35. The maximum Gasteiger partial charge on any atom is 0.320 e. The van der Waals surface area contributed by atoms with Crippen LogP contribution in [0.1, 0.15) is 39.5 Å². The molecule has 2 aliphatic rings. The number of halogens is 1. The lowest BCUT2D eigenvalue weighted by Gasteiger charge is -2.33. The van der Waals surface area contributed by atoms with Gasteiger partial charge in [-0.3, -0.25) is 0 Å². The molecule has 2 fully saturated rings. The van der Waals surface area contributed by atoms with Crippen LogP contribution in [0.5, 0.6) is 6.01 Å². The van der Waals surface area contributed by atoms with E-state index in [1.54, 1.807) is 0 Å². The van der Waals surface area contributed by atoms with E-state index in [0.29, 0.717) is 16.6 Å². The summed E-state index contributed by atoms with van der Waals surface area (Å²) in [4.78, 5) is 10.9. The summed E-state index contributed by atoms with van der Waals surface area (Å²) < 4.78 is 5.55. The largest absolute Gasteiger partial charge is 0.461 e. The van der Waals surface area contributed by atoms with Crippen LogP contribution in [0.3, 0.4) is 0 Å². The normalized spacial score (nSPS) is 20.9. The average Bonchev–Trinajstić information content (AvgIpc) is 3.08. The zero-order valence-corrected chi connectivity index (χ0v) is 12.3. The summed E-state index contributed by atoms with van der Waals surface area (Å²) in [6.45, 7) is 6.05. The van der Waals surface area contributed by atoms with E-state index in [4.69, 9.17) is 16.3 Å². The SMILES string of the molecule is CC(C)Oc1nc(Cl)cc(N2CCC3(CC2)CC3)n1. The first-order valence-electron chi connectivity index (χ1n) is 7.03. The van der Waals surface area contributed by atoms with E-state index in [2.05, 4.69) is 14.9 Å². The number of ether oxygens (including phenoxy) is 1. The molecule has 5 heteroatoms. The maximum atomic E-state index is 6.06. The van der Waals surface area contributed by atoms with Gasteiger partial charge in [0.15, 0.2) is 0 Å². The lowest BCUT2D eigenvalue weighted by molar-refractivity contribution is 0.222. The van der Waals surface area contributed by atoms with Crippen molar-refractivity contribution in [3.05, 3.63) is 11.2 Å². The molecule has 19 heavy (non-hydrogen) atoms. The number of hydrogen-bond acceptors (Lipinski definition) is 4. The summed E-state index contributed by atoms with van der Waals surface area (Å²) in [6, 6.07) is 2.21. The van der Waals surface area contributed by atoms with Crippen molar-refractivity contribution in [1.82, 2.24) is 9.97 Å². The van der Waals surface area contributed by atoms with Crippen molar-refractivity contribution < 1.29 is 4.74 Å². The summed E-state index contributed by atoms with van der Waals surface area (Å²) in [5.41, 5.74) is 0.671. The Morgan fingerprint density at radius 3 is 2.47 bits per heavy atom. The van der Waals surface area contributed by atoms with Crippen molar-refractivity contribution >= 4 is 17.4 Å². The molecule has 0 unspecified atom stereocenters. The third-order valence-corrected chi connectivity index (χ3v) is 4.30. The fourth-order valence-corrected chi connectivity index (χ4v) is 2.87. The minimum Gasteiger partial charge on any atom is -0.461 e. The number of nitrogens with zero attached hydrogens (tertiary/aromatic N) is 3. The Bertz CT molecular complexity index is 464. The summed E-state index contributed by atoms with van der Waals surface area (Å²) >= 11 is 6.06. The minimum atomic E-state index is 0.0578. The predicted molar refractivity (Wildman–Crippen MR) is 75.9 cm³/mol. The van der Waals surface area contributed by atoms with Gasteiger partial charge in [0.2, 0.25) is 0 Å². The van der Waals surface area contributed by atoms with Crippen LogP contribution >= 0.6 is 11.6 Å². The Morgan fingerprint density at radius 2 is 1.89 bits per heavy atom. The van der Waals surface area contributed by atoms with E-state index < -0.39 is 0 Å². The minimum absolute atomic E-state index is 0.0578. The van der Waals surface area contributed by atoms with Crippen LogP contribution in [0.15, 0.2) is 6.07 Å². The smallest absolute Gasteiger partial charge is 0.320 e. The van der Waals surface area contributed by atoms with Gasteiger partial charge >= 0.3 is 6.01 Å². The number of hydrogen-bond donors (Lipinski definition) is 0. The van der Waals surface area contributed by atoms with Crippen LogP contribution in [0.2, 0.25) is 5.15 Å². The highest BCUT2D eigenvalue weighted by Crippen LogP contribution is 2.53. The molecule has 3 rings (SSSR count). The zero-order valence-electron chi connectivity index (χ0n) is 11.5. The average molecular weight is 282 g/mol. The molecule has 1 aliphatic carbocycles. The second-order valence-corrected chi connectivity index (χ2v) is 6.37. The molecule has 0 atom stereocenters. The summed E-state index contributed by atoms with van der Waals surface area (Å²) in [7, 11) is 0. The highest BCUT2D eigenvalue weighted by Gasteiger charge is 2.44. The Morgan fingerprint density at radius 1 is 1.21 bits per heavy atom. The lowest BCUT2D eigenvalue weighted by atomic mass is 9.94. The van der Waals surface area contributed by atoms with Gasteiger partial charge in [-0.25, -0.2) is 0 Å². The summed E-state index contributed by atoms with van der Waals surface area (Å²) in [6.07, 6.45) is 5.42. The van der Waals surface area contributed by atoms with Crippen molar-refractivity contribution in [2.45, 2.75) is 45.6 Å². The van der Waals surface area contributed by atoms with Crippen LogP contribution in [0.4, 0.5) is 5.82 Å². The monoisotopic (exact) mass is 281 g/mol. The number of anilines is 1. The first-order valence-corrected chi connectivity index (χ1v) is 7.40. The summed E-state index contributed by atoms with van der Waals surface area (Å²) in [5.74, 6) is 0.895. The zero-order chi connectivity index (χ0) is 13.5. The second kappa shape index (κ2) is 4.82. The van der Waals surface area contributed by atoms with Gasteiger partial charge in [0.05, 0.1) is 6.10 Å². The number of aromatic nitrogens is 2. The van der Waals surface area contributed by atoms with Crippen molar-refractivity contribution in [1.29, 1.82) is 0 Å². The molecule has 0 bridgehead atoms. The molecule has 4 nitrogen and oxygen atoms in total. The van der Waals surface area contributed by atoms with E-state index in [9.17, 15) is 0 Å². The maximum absolute atomic E-state index is 6.06. The molecule has 1 aromatic heterocycles. The number of rotatable bonds is 3. The van der Waals surface area contributed by atoms with Gasteiger partial charge < -0.3 is 9.64 Å². The topological polar surface area (TPSA) is 38.2 Å². The molecule has 1 saturated carbocycles. The Labute approximate surface area is 119 Å². The summed E-state index contributed by atoms with van der Waals surface area (Å²) in [5, 5.41) is 0.451. The van der Waals surface area contributed by atoms with E-state index in [1.165, 1.54) is 25.7 Å². The quantitative estimate of drug-likeness (QED) is 0.797. The first-order chi connectivity index (χ1) is 9.06. The molecule has 1 aliphatic heterocycles. The third kappa shape index (κ3) is 2.94. The van der Waals surface area contributed by atoms with Crippen LogP contribution in [-0.4, -0.2) is 29.2 Å². The fraction of sp³-hybridized carbons (Fsp3) is 0.714. The molecule has 104 valence electrons. The molecule has 1 saturated heterocycles. The van der Waals surface area contributed by atoms with Crippen molar-refractivity contribution in [3.8, 4) is 6.01 Å². The van der Waals surface area contributed by atoms with Crippen LogP contribution in [0.25, 0.3) is 0 Å². The van der Waals surface area contributed by atoms with E-state index in [1.807, 2.05) is 19.9 Å². The van der Waals surface area contributed by atoms with Gasteiger partial charge in [-0.05, 0) is 44.9 Å². The van der Waals surface area contributed by atoms with Gasteiger partial charge in [-0.15, -0.1) is 0 Å². The molecule has 1 spiro atoms. The van der Waals surface area contributed by atoms with Gasteiger partial charge in [-0.1, -0.05) is 11.6 Å². The Balaban J connectivity index is 1.74. The van der Waals surface area contributed by atoms with Crippen molar-refractivity contribution in [2.75, 3.05) is 18.0 Å². The molecule has 0 aromatic carbocycles. The highest BCUT2D eigenvalue weighted by atomic mass is 35.5. The van der Waals surface area contributed by atoms with Crippen molar-refractivity contribution in [3.63, 3.8) is 0 Å². The number of piperidine rings is 1. The molecule has 1 aromatic rings. The van der Waals surface area contributed by atoms with Gasteiger partial charge in [0.25, 0.3) is 0 Å². The van der Waals surface area contributed by atoms with Crippen LogP contribution < -0.4 is 9.64 Å². The molecule has 0 amide bonds. The molecule has 2 heterocycles. The second-order valence-electron chi connectivity index (χ2n) is 5.99. The standard InChI is InChI=1S/C14H20ClN3O/c1-10(2)19-13-16-11(15)9-12(17-13)18-7-5-14(3-4-14)6-8-18/h9-10H,3-8H2,1-2H3. The first kappa shape index (κ1) is 13.0. The van der Waals surface area contributed by atoms with Crippen molar-refractivity contribution in [2.24, 2.45) is 5.41 Å². The molecule has 0 N–H and O–H groups in total. The highest BCUT2D eigenvalue weighted by molar-refractivity contribution is 6.29. The van der Waals surface area contributed by atoms with E-state index in [0.717, 1.165) is 18.9 Å². The molecular formula is C14H20ClN3O. The van der Waals surface area contributed by atoms with Gasteiger partial charge in [0.1, 0.15) is 11.0 Å². The molecule has 0 radical (unpaired) electrons. The predicted octanol–water partition coefficient (Wildman–Crippen LogP) is 3.30. The van der Waals surface area contributed by atoms with Gasteiger partial charge in [0, 0.05) is 19.2 Å². The fourth-order valence-electron chi connectivity index (χ4n) is 2.70. The Hall–Kier alpha value is -1.03. The van der Waals surface area contributed by atoms with E-state index in [-0.39, 0.29) is 6.10 Å². The molecular weight excluding hydrogens is 262 g/mol. The Kier molecular flexibility index (Phi) is 3.29. The third-order valence-electron chi connectivity index (χ3n) is 4.11. The van der Waals surface area contributed by atoms with Crippen LogP contribution in [-0.2, 0) is 0 Å². The van der Waals surface area contributed by atoms with E-state index >= 15 is 0 Å². The van der Waals surface area contributed by atoms with Gasteiger partial charge in [-0.2, -0.15) is 9.97 Å². The van der Waals surface area contributed by atoms with Crippen LogP contribution in [0, 0.1) is 5.41 Å².